The highest BCUT2D eigenvalue weighted by Gasteiger charge is 2.41. The van der Waals surface area contributed by atoms with Crippen LogP contribution in [-0.2, 0) is 4.79 Å². The molecule has 0 unspecified atom stereocenters. The summed E-state index contributed by atoms with van der Waals surface area (Å²) in [4.78, 5) is 19.1. The fourth-order valence-corrected chi connectivity index (χ4v) is 4.19. The van der Waals surface area contributed by atoms with E-state index in [1.54, 1.807) is 0 Å². The summed E-state index contributed by atoms with van der Waals surface area (Å²) in [5, 5.41) is 9.19. The zero-order valence-corrected chi connectivity index (χ0v) is 15.8. The third kappa shape index (κ3) is 4.53. The van der Waals surface area contributed by atoms with Gasteiger partial charge in [0.25, 0.3) is 0 Å². The lowest BCUT2D eigenvalue weighted by atomic mass is 9.86. The molecule has 5 heteroatoms. The van der Waals surface area contributed by atoms with E-state index in [2.05, 4.69) is 53.3 Å². The molecule has 2 heterocycles. The Morgan fingerprint density at radius 2 is 1.96 bits per heavy atom. The summed E-state index contributed by atoms with van der Waals surface area (Å²) in [7, 11) is 2.20. The molecule has 0 bridgehead atoms. The molecule has 2 aliphatic heterocycles. The van der Waals surface area contributed by atoms with Gasteiger partial charge in [-0.3, -0.25) is 14.6 Å². The maximum atomic E-state index is 12.3. The Morgan fingerprint density at radius 3 is 2.73 bits per heavy atom. The Balaban J connectivity index is 1.62. The fraction of sp³-hybridized carbons (Fsp3) is 0.571. The molecule has 1 spiro atoms. The van der Waals surface area contributed by atoms with Crippen molar-refractivity contribution in [2.75, 3.05) is 52.9 Å². The van der Waals surface area contributed by atoms with Crippen LogP contribution in [0.4, 0.5) is 0 Å². The van der Waals surface area contributed by atoms with Gasteiger partial charge < -0.3 is 10.0 Å². The molecule has 1 amide bonds. The first-order chi connectivity index (χ1) is 12.6. The van der Waals surface area contributed by atoms with Crippen molar-refractivity contribution in [3.63, 3.8) is 0 Å². The highest BCUT2D eigenvalue weighted by Crippen LogP contribution is 2.32. The molecule has 2 fully saturated rings. The quantitative estimate of drug-likeness (QED) is 0.871. The van der Waals surface area contributed by atoms with Crippen molar-refractivity contribution in [3.05, 3.63) is 42.0 Å². The van der Waals surface area contributed by atoms with Crippen LogP contribution in [0.5, 0.6) is 0 Å². The molecular weight excluding hydrogens is 326 g/mol. The van der Waals surface area contributed by atoms with Gasteiger partial charge in [0, 0.05) is 51.2 Å². The van der Waals surface area contributed by atoms with Gasteiger partial charge in [0.15, 0.2) is 0 Å². The molecule has 2 saturated heterocycles. The van der Waals surface area contributed by atoms with Gasteiger partial charge in [-0.1, -0.05) is 42.5 Å². The number of hydrogen-bond donors (Lipinski definition) is 1. The number of benzene rings is 1. The molecule has 5 nitrogen and oxygen atoms in total. The highest BCUT2D eigenvalue weighted by atomic mass is 16.3. The lowest BCUT2D eigenvalue weighted by molar-refractivity contribution is -0.131. The van der Waals surface area contributed by atoms with Gasteiger partial charge in [0.2, 0.25) is 5.91 Å². The van der Waals surface area contributed by atoms with E-state index in [0.29, 0.717) is 13.0 Å². The number of aliphatic hydroxyl groups is 1. The minimum Gasteiger partial charge on any atom is -0.395 e. The molecule has 3 rings (SSSR count). The van der Waals surface area contributed by atoms with Crippen LogP contribution in [0.15, 0.2) is 36.4 Å². The maximum Gasteiger partial charge on any atom is 0.222 e. The zero-order valence-electron chi connectivity index (χ0n) is 15.8. The number of aliphatic hydroxyl groups excluding tert-OH is 1. The summed E-state index contributed by atoms with van der Waals surface area (Å²) in [5.41, 5.74) is 1.30. The van der Waals surface area contributed by atoms with Crippen LogP contribution in [0, 0.1) is 0 Å². The Labute approximate surface area is 156 Å². The molecule has 2 aliphatic rings. The van der Waals surface area contributed by atoms with Gasteiger partial charge in [0.1, 0.15) is 0 Å². The van der Waals surface area contributed by atoms with Gasteiger partial charge in [-0.05, 0) is 25.5 Å². The molecule has 0 saturated carbocycles. The molecule has 1 atom stereocenters. The van der Waals surface area contributed by atoms with E-state index in [9.17, 15) is 9.90 Å². The second kappa shape index (κ2) is 8.80. The predicted molar refractivity (Wildman–Crippen MR) is 105 cm³/mol. The summed E-state index contributed by atoms with van der Waals surface area (Å²) in [5.74, 6) is 0.186. The third-order valence-electron chi connectivity index (χ3n) is 5.93. The van der Waals surface area contributed by atoms with E-state index >= 15 is 0 Å². The monoisotopic (exact) mass is 357 g/mol. The van der Waals surface area contributed by atoms with Crippen LogP contribution in [0.25, 0.3) is 6.08 Å². The van der Waals surface area contributed by atoms with Crippen molar-refractivity contribution in [2.45, 2.75) is 24.8 Å². The molecule has 0 aliphatic carbocycles. The lowest BCUT2D eigenvalue weighted by Crippen LogP contribution is -2.61. The number of nitrogens with zero attached hydrogens (tertiary/aromatic N) is 3. The number of likely N-dealkylation sites (N-methyl/N-ethyl adjacent to an activating group) is 1. The normalized spacial score (nSPS) is 25.9. The van der Waals surface area contributed by atoms with E-state index in [0.717, 1.165) is 45.6 Å². The lowest BCUT2D eigenvalue weighted by Gasteiger charge is -2.49. The van der Waals surface area contributed by atoms with E-state index in [1.165, 1.54) is 5.56 Å². The third-order valence-corrected chi connectivity index (χ3v) is 5.93. The fourth-order valence-electron chi connectivity index (χ4n) is 4.19. The number of likely N-dealkylation sites (tertiary alicyclic amines) is 1. The average molecular weight is 357 g/mol. The minimum absolute atomic E-state index is 0.0466. The van der Waals surface area contributed by atoms with E-state index in [4.69, 9.17) is 0 Å². The van der Waals surface area contributed by atoms with Crippen LogP contribution in [0.1, 0.15) is 24.8 Å². The Hall–Kier alpha value is -1.69. The first kappa shape index (κ1) is 19.1. The first-order valence-corrected chi connectivity index (χ1v) is 9.67. The Morgan fingerprint density at radius 1 is 1.15 bits per heavy atom. The SMILES string of the molecule is CN1CCN(C/C=C/c2ccccc2)C[C@]12CCC(=O)N(CCO)CC2. The molecule has 1 aromatic rings. The van der Waals surface area contributed by atoms with Gasteiger partial charge in [-0.15, -0.1) is 0 Å². The van der Waals surface area contributed by atoms with Crippen LogP contribution < -0.4 is 0 Å². The van der Waals surface area contributed by atoms with Crippen molar-refractivity contribution in [3.8, 4) is 0 Å². The maximum absolute atomic E-state index is 12.3. The van der Waals surface area contributed by atoms with Crippen molar-refractivity contribution >= 4 is 12.0 Å². The molecule has 142 valence electrons. The van der Waals surface area contributed by atoms with Crippen molar-refractivity contribution < 1.29 is 9.90 Å². The van der Waals surface area contributed by atoms with Crippen LogP contribution >= 0.6 is 0 Å². The summed E-state index contributed by atoms with van der Waals surface area (Å²) in [6.07, 6.45) is 6.90. The largest absolute Gasteiger partial charge is 0.395 e. The van der Waals surface area contributed by atoms with Crippen LogP contribution in [0.2, 0.25) is 0 Å². The van der Waals surface area contributed by atoms with Crippen molar-refractivity contribution in [1.29, 1.82) is 0 Å². The number of carbonyl (C=O) groups is 1. The first-order valence-electron chi connectivity index (χ1n) is 9.67. The molecule has 0 radical (unpaired) electrons. The van der Waals surface area contributed by atoms with Crippen molar-refractivity contribution in [1.82, 2.24) is 14.7 Å². The molecule has 26 heavy (non-hydrogen) atoms. The Bertz CT molecular complexity index is 619. The van der Waals surface area contributed by atoms with Gasteiger partial charge in [-0.25, -0.2) is 0 Å². The van der Waals surface area contributed by atoms with Gasteiger partial charge in [-0.2, -0.15) is 0 Å². The topological polar surface area (TPSA) is 47.0 Å². The predicted octanol–water partition coefficient (Wildman–Crippen LogP) is 1.69. The van der Waals surface area contributed by atoms with E-state index in [1.807, 2.05) is 11.0 Å². The Kier molecular flexibility index (Phi) is 6.46. The van der Waals surface area contributed by atoms with Gasteiger partial charge >= 0.3 is 0 Å². The highest BCUT2D eigenvalue weighted by molar-refractivity contribution is 5.76. The van der Waals surface area contributed by atoms with Crippen molar-refractivity contribution in [2.24, 2.45) is 0 Å². The van der Waals surface area contributed by atoms with Gasteiger partial charge in [0.05, 0.1) is 6.61 Å². The summed E-state index contributed by atoms with van der Waals surface area (Å²) >= 11 is 0. The van der Waals surface area contributed by atoms with Crippen LogP contribution in [0.3, 0.4) is 0 Å². The summed E-state index contributed by atoms with van der Waals surface area (Å²) in [6.45, 7) is 5.30. The number of carbonyl (C=O) groups excluding carboxylic acids is 1. The average Bonchev–Trinajstić information content (AvgIpc) is 2.81. The minimum atomic E-state index is 0.0466. The van der Waals surface area contributed by atoms with E-state index in [-0.39, 0.29) is 18.1 Å². The van der Waals surface area contributed by atoms with E-state index < -0.39 is 0 Å². The summed E-state index contributed by atoms with van der Waals surface area (Å²) < 4.78 is 0. The number of amides is 1. The smallest absolute Gasteiger partial charge is 0.222 e. The zero-order chi connectivity index (χ0) is 18.4. The molecular formula is C21H31N3O2. The number of β-amino-alcohol motifs (C(OH)–C–C–N with tert-alkyl or cyclic N) is 1. The second-order valence-electron chi connectivity index (χ2n) is 7.55. The molecule has 1 aromatic carbocycles. The number of piperazine rings is 1. The molecule has 1 N–H and O–H groups in total. The number of rotatable bonds is 5. The second-order valence-corrected chi connectivity index (χ2v) is 7.55. The number of hydrogen-bond acceptors (Lipinski definition) is 4. The standard InChI is InChI=1S/C21H31N3O2/c1-22-14-15-23(12-5-8-19-6-3-2-4-7-19)18-21(22)10-9-20(26)24(13-11-21)16-17-25/h2-8,25H,9-18H2,1H3/b8-5+/t21-/m1/s1. The van der Waals surface area contributed by atoms with Crippen LogP contribution in [-0.4, -0.2) is 84.2 Å². The summed E-state index contributed by atoms with van der Waals surface area (Å²) in [6, 6.07) is 10.4. The molecule has 0 aromatic heterocycles.